The van der Waals surface area contributed by atoms with Gasteiger partial charge in [0, 0.05) is 23.3 Å². The topological polar surface area (TPSA) is 34.1 Å². The number of pyridine rings is 1. The molecule has 21 heavy (non-hydrogen) atoms. The Balaban J connectivity index is 2.14. The highest BCUT2D eigenvalue weighted by molar-refractivity contribution is 6.31. The van der Waals surface area contributed by atoms with E-state index in [0.29, 0.717) is 5.88 Å². The molecule has 0 fully saturated rings. The number of halogens is 1. The lowest BCUT2D eigenvalue weighted by Crippen LogP contribution is -2.13. The summed E-state index contributed by atoms with van der Waals surface area (Å²) in [7, 11) is 0. The van der Waals surface area contributed by atoms with Gasteiger partial charge in [0.15, 0.2) is 0 Å². The van der Waals surface area contributed by atoms with E-state index in [2.05, 4.69) is 30.2 Å². The molecule has 0 aliphatic rings. The third kappa shape index (κ3) is 4.19. The van der Waals surface area contributed by atoms with Gasteiger partial charge in [-0.3, -0.25) is 0 Å². The molecule has 2 aromatic rings. The molecule has 0 aliphatic carbocycles. The van der Waals surface area contributed by atoms with Crippen molar-refractivity contribution in [2.75, 3.05) is 6.54 Å². The highest BCUT2D eigenvalue weighted by atomic mass is 35.5. The first kappa shape index (κ1) is 15.8. The number of hydrogen-bond acceptors (Lipinski definition) is 3. The average Bonchev–Trinajstić information content (AvgIpc) is 2.48. The van der Waals surface area contributed by atoms with Gasteiger partial charge in [0.1, 0.15) is 5.75 Å². The minimum absolute atomic E-state index is 0.608. The van der Waals surface area contributed by atoms with E-state index in [0.717, 1.165) is 41.5 Å². The minimum atomic E-state index is 0.608. The SMILES string of the molecule is CCNCc1ccc(Oc2ccc(Cl)c(CC)c2)nc1C. The Hall–Kier alpha value is -1.58. The number of hydrogen-bond donors (Lipinski definition) is 1. The molecule has 0 atom stereocenters. The Morgan fingerprint density at radius 1 is 1.14 bits per heavy atom. The fourth-order valence-electron chi connectivity index (χ4n) is 2.08. The molecule has 0 saturated heterocycles. The van der Waals surface area contributed by atoms with Crippen molar-refractivity contribution in [1.29, 1.82) is 0 Å². The maximum atomic E-state index is 6.12. The Morgan fingerprint density at radius 3 is 2.62 bits per heavy atom. The Morgan fingerprint density at radius 2 is 1.95 bits per heavy atom. The molecule has 0 unspecified atom stereocenters. The van der Waals surface area contributed by atoms with Crippen LogP contribution in [0, 0.1) is 6.92 Å². The molecule has 0 radical (unpaired) electrons. The van der Waals surface area contributed by atoms with Gasteiger partial charge in [-0.2, -0.15) is 0 Å². The highest BCUT2D eigenvalue weighted by Crippen LogP contribution is 2.26. The monoisotopic (exact) mass is 304 g/mol. The number of aromatic nitrogens is 1. The van der Waals surface area contributed by atoms with Gasteiger partial charge in [-0.25, -0.2) is 4.98 Å². The summed E-state index contributed by atoms with van der Waals surface area (Å²) < 4.78 is 5.83. The van der Waals surface area contributed by atoms with E-state index in [-0.39, 0.29) is 0 Å². The van der Waals surface area contributed by atoms with Crippen LogP contribution >= 0.6 is 11.6 Å². The van der Waals surface area contributed by atoms with Gasteiger partial charge < -0.3 is 10.1 Å². The van der Waals surface area contributed by atoms with Crippen molar-refractivity contribution >= 4 is 11.6 Å². The van der Waals surface area contributed by atoms with E-state index >= 15 is 0 Å². The zero-order valence-corrected chi connectivity index (χ0v) is 13.5. The van der Waals surface area contributed by atoms with Crippen molar-refractivity contribution < 1.29 is 4.74 Å². The lowest BCUT2D eigenvalue weighted by atomic mass is 10.1. The van der Waals surface area contributed by atoms with Crippen LogP contribution in [0.25, 0.3) is 0 Å². The van der Waals surface area contributed by atoms with Gasteiger partial charge in [-0.1, -0.05) is 31.5 Å². The second-order valence-corrected chi connectivity index (χ2v) is 5.29. The van der Waals surface area contributed by atoms with Gasteiger partial charge >= 0.3 is 0 Å². The van der Waals surface area contributed by atoms with Crippen LogP contribution in [0.5, 0.6) is 11.6 Å². The molecule has 2 rings (SSSR count). The predicted molar refractivity (Wildman–Crippen MR) is 87.3 cm³/mol. The summed E-state index contributed by atoms with van der Waals surface area (Å²) in [5.74, 6) is 1.37. The number of ether oxygens (including phenoxy) is 1. The first-order valence-corrected chi connectivity index (χ1v) is 7.65. The van der Waals surface area contributed by atoms with Gasteiger partial charge in [0.05, 0.1) is 0 Å². The lowest BCUT2D eigenvalue weighted by Gasteiger charge is -2.10. The average molecular weight is 305 g/mol. The highest BCUT2D eigenvalue weighted by Gasteiger charge is 2.05. The van der Waals surface area contributed by atoms with Gasteiger partial charge in [-0.15, -0.1) is 0 Å². The third-order valence-electron chi connectivity index (χ3n) is 3.36. The van der Waals surface area contributed by atoms with E-state index in [1.165, 1.54) is 5.56 Å². The Labute approximate surface area is 131 Å². The van der Waals surface area contributed by atoms with Gasteiger partial charge in [0.25, 0.3) is 0 Å². The van der Waals surface area contributed by atoms with Crippen LogP contribution in [0.3, 0.4) is 0 Å². The lowest BCUT2D eigenvalue weighted by molar-refractivity contribution is 0.460. The summed E-state index contributed by atoms with van der Waals surface area (Å²) in [6.07, 6.45) is 0.879. The van der Waals surface area contributed by atoms with Crippen LogP contribution in [0.2, 0.25) is 5.02 Å². The Kier molecular flexibility index (Phi) is 5.59. The maximum absolute atomic E-state index is 6.12. The summed E-state index contributed by atoms with van der Waals surface area (Å²) in [5, 5.41) is 4.07. The van der Waals surface area contributed by atoms with Crippen LogP contribution < -0.4 is 10.1 Å². The number of benzene rings is 1. The van der Waals surface area contributed by atoms with E-state index in [9.17, 15) is 0 Å². The van der Waals surface area contributed by atoms with E-state index in [1.54, 1.807) is 0 Å². The van der Waals surface area contributed by atoms with Crippen molar-refractivity contribution in [3.05, 3.63) is 52.2 Å². The third-order valence-corrected chi connectivity index (χ3v) is 3.72. The van der Waals surface area contributed by atoms with Crippen molar-refractivity contribution in [3.63, 3.8) is 0 Å². The summed E-state index contributed by atoms with van der Waals surface area (Å²) in [6.45, 7) is 7.94. The second kappa shape index (κ2) is 7.43. The molecule has 0 spiro atoms. The van der Waals surface area contributed by atoms with Crippen molar-refractivity contribution in [1.82, 2.24) is 10.3 Å². The molecule has 112 valence electrons. The van der Waals surface area contributed by atoms with Crippen LogP contribution in [0.1, 0.15) is 30.7 Å². The molecule has 1 aromatic heterocycles. The van der Waals surface area contributed by atoms with Crippen LogP contribution in [-0.4, -0.2) is 11.5 Å². The van der Waals surface area contributed by atoms with Gasteiger partial charge in [-0.05, 0) is 49.2 Å². The molecule has 0 amide bonds. The van der Waals surface area contributed by atoms with E-state index < -0.39 is 0 Å². The van der Waals surface area contributed by atoms with E-state index in [1.807, 2.05) is 31.2 Å². The predicted octanol–water partition coefficient (Wildman–Crippen LogP) is 4.51. The smallest absolute Gasteiger partial charge is 0.219 e. The summed E-state index contributed by atoms with van der Waals surface area (Å²) in [6, 6.07) is 9.65. The van der Waals surface area contributed by atoms with Crippen LogP contribution in [-0.2, 0) is 13.0 Å². The van der Waals surface area contributed by atoms with Crippen molar-refractivity contribution in [2.45, 2.75) is 33.7 Å². The summed E-state index contributed by atoms with van der Waals surface area (Å²) in [5.41, 5.74) is 3.25. The van der Waals surface area contributed by atoms with E-state index in [4.69, 9.17) is 16.3 Å². The number of nitrogens with one attached hydrogen (secondary N) is 1. The zero-order chi connectivity index (χ0) is 15.2. The first-order chi connectivity index (χ1) is 10.1. The fourth-order valence-corrected chi connectivity index (χ4v) is 2.33. The van der Waals surface area contributed by atoms with Gasteiger partial charge in [0.2, 0.25) is 5.88 Å². The first-order valence-electron chi connectivity index (χ1n) is 7.27. The van der Waals surface area contributed by atoms with Crippen LogP contribution in [0.15, 0.2) is 30.3 Å². The number of aryl methyl sites for hydroxylation is 2. The van der Waals surface area contributed by atoms with Crippen molar-refractivity contribution in [2.24, 2.45) is 0 Å². The Bertz CT molecular complexity index is 614. The maximum Gasteiger partial charge on any atom is 0.219 e. The van der Waals surface area contributed by atoms with Crippen molar-refractivity contribution in [3.8, 4) is 11.6 Å². The second-order valence-electron chi connectivity index (χ2n) is 4.88. The molecule has 3 nitrogen and oxygen atoms in total. The number of nitrogens with zero attached hydrogens (tertiary/aromatic N) is 1. The number of rotatable bonds is 6. The van der Waals surface area contributed by atoms with Crippen LogP contribution in [0.4, 0.5) is 0 Å². The minimum Gasteiger partial charge on any atom is -0.439 e. The molecule has 0 saturated carbocycles. The zero-order valence-electron chi connectivity index (χ0n) is 12.7. The quantitative estimate of drug-likeness (QED) is 0.852. The molecule has 1 aromatic carbocycles. The normalized spacial score (nSPS) is 10.7. The molecule has 1 heterocycles. The molecule has 4 heteroatoms. The molecule has 0 bridgehead atoms. The largest absolute Gasteiger partial charge is 0.439 e. The fraction of sp³-hybridized carbons (Fsp3) is 0.353. The molecular formula is C17H21ClN2O. The molecule has 1 N–H and O–H groups in total. The summed E-state index contributed by atoms with van der Waals surface area (Å²) >= 11 is 6.12. The standard InChI is InChI=1S/C17H21ClN2O/c1-4-13-10-15(7-8-16(13)18)21-17-9-6-14(11-19-5-2)12(3)20-17/h6-10,19H,4-5,11H2,1-3H3. The summed E-state index contributed by atoms with van der Waals surface area (Å²) in [4.78, 5) is 4.50. The molecular weight excluding hydrogens is 284 g/mol. The molecule has 0 aliphatic heterocycles.